The number of benzene rings is 2. The Morgan fingerprint density at radius 1 is 0.960 bits per heavy atom. The Balaban J connectivity index is 1.96. The van der Waals surface area contributed by atoms with E-state index in [2.05, 4.69) is 16.0 Å². The van der Waals surface area contributed by atoms with Crippen molar-refractivity contribution in [3.63, 3.8) is 0 Å². The molecule has 0 aliphatic rings. The number of carbonyl (C=O) groups excluding carboxylic acids is 2. The van der Waals surface area contributed by atoms with Crippen LogP contribution in [-0.2, 0) is 9.59 Å². The first-order valence-electron chi connectivity index (χ1n) is 7.65. The number of methoxy groups -OCH3 is 2. The quantitative estimate of drug-likeness (QED) is 0.719. The van der Waals surface area contributed by atoms with E-state index < -0.39 is 0 Å². The number of nitrogens with one attached hydrogen (secondary N) is 3. The molecular formula is C18H21N3O4. The van der Waals surface area contributed by atoms with Crippen molar-refractivity contribution < 1.29 is 19.1 Å². The molecule has 0 spiro atoms. The predicted molar refractivity (Wildman–Crippen MR) is 97.4 cm³/mol. The van der Waals surface area contributed by atoms with E-state index in [1.165, 1.54) is 6.92 Å². The first kappa shape index (κ1) is 18.1. The summed E-state index contributed by atoms with van der Waals surface area (Å²) in [5.41, 5.74) is 1.90. The highest BCUT2D eigenvalue weighted by Gasteiger charge is 2.08. The van der Waals surface area contributed by atoms with Crippen molar-refractivity contribution in [2.24, 2.45) is 0 Å². The lowest BCUT2D eigenvalue weighted by molar-refractivity contribution is -0.115. The molecule has 0 unspecified atom stereocenters. The third kappa shape index (κ3) is 5.42. The van der Waals surface area contributed by atoms with Crippen LogP contribution >= 0.6 is 0 Å². The zero-order chi connectivity index (χ0) is 18.2. The van der Waals surface area contributed by atoms with Crippen LogP contribution in [0.3, 0.4) is 0 Å². The molecule has 0 aliphatic heterocycles. The van der Waals surface area contributed by atoms with Crippen LogP contribution in [-0.4, -0.2) is 32.6 Å². The summed E-state index contributed by atoms with van der Waals surface area (Å²) in [4.78, 5) is 23.2. The molecule has 25 heavy (non-hydrogen) atoms. The standard InChI is InChI=1S/C18H21N3O4/c1-12(22)20-13-5-4-6-14(9-13)21-18(23)11-19-16-8-7-15(24-2)10-17(16)25-3/h4-10,19H,11H2,1-3H3,(H,20,22)(H,21,23). The molecule has 0 bridgehead atoms. The van der Waals surface area contributed by atoms with E-state index in [9.17, 15) is 9.59 Å². The molecule has 7 nitrogen and oxygen atoms in total. The van der Waals surface area contributed by atoms with Gasteiger partial charge >= 0.3 is 0 Å². The first-order chi connectivity index (χ1) is 12.0. The highest BCUT2D eigenvalue weighted by atomic mass is 16.5. The van der Waals surface area contributed by atoms with Crippen molar-refractivity contribution in [2.75, 3.05) is 36.7 Å². The summed E-state index contributed by atoms with van der Waals surface area (Å²) in [5, 5.41) is 8.46. The van der Waals surface area contributed by atoms with E-state index in [1.54, 1.807) is 56.7 Å². The van der Waals surface area contributed by atoms with Crippen LogP contribution in [0.4, 0.5) is 17.1 Å². The zero-order valence-electron chi connectivity index (χ0n) is 14.4. The fraction of sp³-hybridized carbons (Fsp3) is 0.222. The van der Waals surface area contributed by atoms with Crippen LogP contribution in [0.15, 0.2) is 42.5 Å². The summed E-state index contributed by atoms with van der Waals surface area (Å²) in [6.45, 7) is 1.49. The molecule has 0 radical (unpaired) electrons. The van der Waals surface area contributed by atoms with E-state index >= 15 is 0 Å². The molecule has 132 valence electrons. The SMILES string of the molecule is COc1ccc(NCC(=O)Nc2cccc(NC(C)=O)c2)c(OC)c1. The summed E-state index contributed by atoms with van der Waals surface area (Å²) < 4.78 is 10.4. The summed E-state index contributed by atoms with van der Waals surface area (Å²) in [7, 11) is 3.12. The molecule has 0 aromatic heterocycles. The minimum absolute atomic E-state index is 0.0626. The van der Waals surface area contributed by atoms with Gasteiger partial charge < -0.3 is 25.4 Å². The number of anilines is 3. The summed E-state index contributed by atoms with van der Waals surface area (Å²) in [6.07, 6.45) is 0. The van der Waals surface area contributed by atoms with Gasteiger partial charge in [-0.05, 0) is 30.3 Å². The third-order valence-corrected chi connectivity index (χ3v) is 3.31. The number of hydrogen-bond donors (Lipinski definition) is 3. The molecule has 2 aromatic rings. The molecule has 2 rings (SSSR count). The molecule has 7 heteroatoms. The van der Waals surface area contributed by atoms with Crippen molar-refractivity contribution >= 4 is 28.9 Å². The van der Waals surface area contributed by atoms with Gasteiger partial charge in [-0.2, -0.15) is 0 Å². The maximum Gasteiger partial charge on any atom is 0.243 e. The molecular weight excluding hydrogens is 322 g/mol. The Morgan fingerprint density at radius 2 is 1.68 bits per heavy atom. The smallest absolute Gasteiger partial charge is 0.243 e. The number of ether oxygens (including phenoxy) is 2. The van der Waals surface area contributed by atoms with Crippen molar-refractivity contribution in [3.8, 4) is 11.5 Å². The average Bonchev–Trinajstić information content (AvgIpc) is 2.59. The lowest BCUT2D eigenvalue weighted by atomic mass is 10.2. The second-order valence-corrected chi connectivity index (χ2v) is 5.23. The molecule has 0 fully saturated rings. The number of rotatable bonds is 7. The maximum absolute atomic E-state index is 12.1. The van der Waals surface area contributed by atoms with Gasteiger partial charge in [0.25, 0.3) is 0 Å². The third-order valence-electron chi connectivity index (χ3n) is 3.31. The van der Waals surface area contributed by atoms with Gasteiger partial charge in [0.2, 0.25) is 11.8 Å². The highest BCUT2D eigenvalue weighted by Crippen LogP contribution is 2.28. The summed E-state index contributed by atoms with van der Waals surface area (Å²) in [5.74, 6) is 0.857. The molecule has 3 N–H and O–H groups in total. The van der Waals surface area contributed by atoms with E-state index in [0.29, 0.717) is 28.6 Å². The van der Waals surface area contributed by atoms with Crippen LogP contribution in [0.1, 0.15) is 6.92 Å². The topological polar surface area (TPSA) is 88.7 Å². The van der Waals surface area contributed by atoms with Crippen molar-refractivity contribution in [1.82, 2.24) is 0 Å². The van der Waals surface area contributed by atoms with Gasteiger partial charge in [0.1, 0.15) is 11.5 Å². The molecule has 2 amide bonds. The fourth-order valence-corrected chi connectivity index (χ4v) is 2.20. The van der Waals surface area contributed by atoms with E-state index in [4.69, 9.17) is 9.47 Å². The van der Waals surface area contributed by atoms with Crippen molar-refractivity contribution in [1.29, 1.82) is 0 Å². The Morgan fingerprint density at radius 3 is 2.32 bits per heavy atom. The van der Waals surface area contributed by atoms with Gasteiger partial charge in [-0.15, -0.1) is 0 Å². The summed E-state index contributed by atoms with van der Waals surface area (Å²) >= 11 is 0. The normalized spacial score (nSPS) is 9.88. The molecule has 0 atom stereocenters. The second kappa shape index (κ2) is 8.58. The lowest BCUT2D eigenvalue weighted by Crippen LogP contribution is -2.22. The van der Waals surface area contributed by atoms with Crippen LogP contribution in [0.5, 0.6) is 11.5 Å². The predicted octanol–water partition coefficient (Wildman–Crippen LogP) is 2.71. The van der Waals surface area contributed by atoms with Crippen LogP contribution in [0.25, 0.3) is 0 Å². The van der Waals surface area contributed by atoms with Crippen LogP contribution in [0.2, 0.25) is 0 Å². The summed E-state index contributed by atoms with van der Waals surface area (Å²) in [6, 6.07) is 12.2. The van der Waals surface area contributed by atoms with Crippen LogP contribution < -0.4 is 25.4 Å². The Kier molecular flexibility index (Phi) is 6.22. The van der Waals surface area contributed by atoms with Gasteiger partial charge in [0.15, 0.2) is 0 Å². The minimum atomic E-state index is -0.224. The van der Waals surface area contributed by atoms with Gasteiger partial charge in [-0.25, -0.2) is 0 Å². The molecule has 2 aromatic carbocycles. The van der Waals surface area contributed by atoms with Gasteiger partial charge in [-0.3, -0.25) is 9.59 Å². The minimum Gasteiger partial charge on any atom is -0.497 e. The lowest BCUT2D eigenvalue weighted by Gasteiger charge is -2.13. The largest absolute Gasteiger partial charge is 0.497 e. The average molecular weight is 343 g/mol. The van der Waals surface area contributed by atoms with Gasteiger partial charge in [0, 0.05) is 24.4 Å². The number of hydrogen-bond acceptors (Lipinski definition) is 5. The Bertz CT molecular complexity index is 762. The second-order valence-electron chi connectivity index (χ2n) is 5.23. The van der Waals surface area contributed by atoms with E-state index in [1.807, 2.05) is 0 Å². The van der Waals surface area contributed by atoms with E-state index in [0.717, 1.165) is 0 Å². The number of carbonyl (C=O) groups is 2. The van der Waals surface area contributed by atoms with Crippen molar-refractivity contribution in [3.05, 3.63) is 42.5 Å². The Labute approximate surface area is 146 Å². The van der Waals surface area contributed by atoms with E-state index in [-0.39, 0.29) is 18.4 Å². The van der Waals surface area contributed by atoms with Crippen molar-refractivity contribution in [2.45, 2.75) is 6.92 Å². The molecule has 0 aliphatic carbocycles. The molecule has 0 saturated carbocycles. The van der Waals surface area contributed by atoms with Crippen LogP contribution in [0, 0.1) is 0 Å². The van der Waals surface area contributed by atoms with Gasteiger partial charge in [-0.1, -0.05) is 6.07 Å². The Hall–Kier alpha value is -3.22. The van der Waals surface area contributed by atoms with Gasteiger partial charge in [0.05, 0.1) is 26.5 Å². The number of amides is 2. The fourth-order valence-electron chi connectivity index (χ4n) is 2.20. The maximum atomic E-state index is 12.1. The molecule has 0 heterocycles. The zero-order valence-corrected chi connectivity index (χ0v) is 14.4. The highest BCUT2D eigenvalue weighted by molar-refractivity contribution is 5.95. The first-order valence-corrected chi connectivity index (χ1v) is 7.65. The monoisotopic (exact) mass is 343 g/mol. The molecule has 0 saturated heterocycles.